The van der Waals surface area contributed by atoms with Crippen LogP contribution < -0.4 is 18.9 Å². The van der Waals surface area contributed by atoms with Gasteiger partial charge in [0.25, 0.3) is 0 Å². The van der Waals surface area contributed by atoms with E-state index in [9.17, 15) is 8.42 Å². The molecule has 0 aliphatic carbocycles. The second-order valence-corrected chi connectivity index (χ2v) is 7.06. The number of sulfonamides is 1. The Morgan fingerprint density at radius 1 is 0.958 bits per heavy atom. The van der Waals surface area contributed by atoms with E-state index in [2.05, 4.69) is 4.72 Å². The minimum absolute atomic E-state index is 0.180. The molecule has 0 radical (unpaired) electrons. The third-order valence-corrected chi connectivity index (χ3v) is 4.72. The Balaban J connectivity index is 2.27. The number of hydrogen-bond donors (Lipinski definition) is 1. The van der Waals surface area contributed by atoms with Gasteiger partial charge in [0.05, 0.1) is 32.8 Å². The summed E-state index contributed by atoms with van der Waals surface area (Å²) in [5, 5.41) is 0.550. The Bertz CT molecular complexity index is 781. The van der Waals surface area contributed by atoms with E-state index in [1.807, 2.05) is 0 Å². The molecule has 2 rings (SSSR count). The quantitative estimate of drug-likeness (QED) is 0.808. The van der Waals surface area contributed by atoms with Gasteiger partial charge in [0.2, 0.25) is 15.8 Å². The molecule has 0 fully saturated rings. The summed E-state index contributed by atoms with van der Waals surface area (Å²) in [6, 6.07) is 9.67. The molecular weight excluding hydrogens is 354 g/mol. The van der Waals surface area contributed by atoms with Crippen molar-refractivity contribution in [2.24, 2.45) is 0 Å². The molecule has 0 aliphatic rings. The van der Waals surface area contributed by atoms with Crippen molar-refractivity contribution < 1.29 is 22.6 Å². The first-order valence-corrected chi connectivity index (χ1v) is 8.96. The van der Waals surface area contributed by atoms with Gasteiger partial charge in [0.1, 0.15) is 0 Å². The molecule has 0 amide bonds. The first kappa shape index (κ1) is 18.2. The molecule has 0 heterocycles. The van der Waals surface area contributed by atoms with Crippen LogP contribution in [0.4, 0.5) is 5.69 Å². The SMILES string of the molecule is COc1cc(NS(=O)(=O)Cc2ccc(Cl)cc2)cc(OC)c1OC. The number of nitrogens with one attached hydrogen (secondary N) is 1. The number of anilines is 1. The van der Waals surface area contributed by atoms with Crippen LogP contribution in [-0.2, 0) is 15.8 Å². The van der Waals surface area contributed by atoms with Gasteiger partial charge < -0.3 is 14.2 Å². The molecule has 0 aromatic heterocycles. The van der Waals surface area contributed by atoms with E-state index in [0.717, 1.165) is 0 Å². The number of benzene rings is 2. The first-order chi connectivity index (χ1) is 11.4. The van der Waals surface area contributed by atoms with E-state index in [1.165, 1.54) is 33.5 Å². The zero-order chi connectivity index (χ0) is 17.7. The van der Waals surface area contributed by atoms with Gasteiger partial charge >= 0.3 is 0 Å². The minimum Gasteiger partial charge on any atom is -0.493 e. The fourth-order valence-corrected chi connectivity index (χ4v) is 3.46. The fraction of sp³-hybridized carbons (Fsp3) is 0.250. The van der Waals surface area contributed by atoms with Crippen LogP contribution in [0.5, 0.6) is 17.2 Å². The first-order valence-electron chi connectivity index (χ1n) is 6.93. The predicted octanol–water partition coefficient (Wildman–Crippen LogP) is 3.31. The molecule has 0 bridgehead atoms. The van der Waals surface area contributed by atoms with Crippen LogP contribution in [0.2, 0.25) is 5.02 Å². The minimum atomic E-state index is -3.62. The van der Waals surface area contributed by atoms with E-state index in [-0.39, 0.29) is 5.75 Å². The molecule has 130 valence electrons. The lowest BCUT2D eigenvalue weighted by Gasteiger charge is -2.15. The fourth-order valence-electron chi connectivity index (χ4n) is 2.16. The van der Waals surface area contributed by atoms with Crippen LogP contribution in [0.3, 0.4) is 0 Å². The van der Waals surface area contributed by atoms with Crippen molar-refractivity contribution in [2.75, 3.05) is 26.1 Å². The van der Waals surface area contributed by atoms with E-state index in [4.69, 9.17) is 25.8 Å². The van der Waals surface area contributed by atoms with Crippen LogP contribution in [0.1, 0.15) is 5.56 Å². The summed E-state index contributed by atoms with van der Waals surface area (Å²) in [5.74, 6) is 0.934. The summed E-state index contributed by atoms with van der Waals surface area (Å²) in [4.78, 5) is 0. The number of halogens is 1. The van der Waals surface area contributed by atoms with E-state index in [0.29, 0.717) is 33.5 Å². The molecule has 2 aromatic carbocycles. The summed E-state index contributed by atoms with van der Waals surface area (Å²) in [7, 11) is 0.785. The normalized spacial score (nSPS) is 11.0. The third-order valence-electron chi connectivity index (χ3n) is 3.21. The van der Waals surface area contributed by atoms with Crippen molar-refractivity contribution in [1.29, 1.82) is 0 Å². The number of methoxy groups -OCH3 is 3. The highest BCUT2D eigenvalue weighted by Gasteiger charge is 2.17. The van der Waals surface area contributed by atoms with Gasteiger partial charge in [0, 0.05) is 17.2 Å². The Hall–Kier alpha value is -2.12. The third kappa shape index (κ3) is 4.46. The van der Waals surface area contributed by atoms with Gasteiger partial charge in [-0.2, -0.15) is 0 Å². The summed E-state index contributed by atoms with van der Waals surface area (Å²) < 4.78 is 42.8. The largest absolute Gasteiger partial charge is 0.493 e. The van der Waals surface area contributed by atoms with Gasteiger partial charge in [0.15, 0.2) is 11.5 Å². The maximum atomic E-state index is 12.4. The average Bonchev–Trinajstić information content (AvgIpc) is 2.55. The highest BCUT2D eigenvalue weighted by Crippen LogP contribution is 2.40. The summed E-state index contributed by atoms with van der Waals surface area (Å²) in [6.07, 6.45) is 0. The van der Waals surface area contributed by atoms with E-state index >= 15 is 0 Å². The van der Waals surface area contributed by atoms with Crippen LogP contribution in [0, 0.1) is 0 Å². The van der Waals surface area contributed by atoms with Gasteiger partial charge in [-0.15, -0.1) is 0 Å². The lowest BCUT2D eigenvalue weighted by Crippen LogP contribution is -2.15. The molecule has 24 heavy (non-hydrogen) atoms. The lowest BCUT2D eigenvalue weighted by molar-refractivity contribution is 0.325. The van der Waals surface area contributed by atoms with Gasteiger partial charge in [-0.25, -0.2) is 8.42 Å². The molecule has 8 heteroatoms. The van der Waals surface area contributed by atoms with Crippen LogP contribution in [-0.4, -0.2) is 29.7 Å². The molecular formula is C16H18ClNO5S. The highest BCUT2D eigenvalue weighted by atomic mass is 35.5. The number of ether oxygens (including phenoxy) is 3. The van der Waals surface area contributed by atoms with Gasteiger partial charge in [-0.05, 0) is 17.7 Å². The van der Waals surface area contributed by atoms with Crippen LogP contribution >= 0.6 is 11.6 Å². The predicted molar refractivity (Wildman–Crippen MR) is 93.8 cm³/mol. The van der Waals surface area contributed by atoms with Crippen molar-refractivity contribution in [1.82, 2.24) is 0 Å². The van der Waals surface area contributed by atoms with Crippen LogP contribution in [0.15, 0.2) is 36.4 Å². The Morgan fingerprint density at radius 2 is 1.50 bits per heavy atom. The molecule has 0 atom stereocenters. The molecule has 0 aliphatic heterocycles. The van der Waals surface area contributed by atoms with Crippen molar-refractivity contribution in [3.05, 3.63) is 47.0 Å². The highest BCUT2D eigenvalue weighted by molar-refractivity contribution is 7.91. The molecule has 0 unspecified atom stereocenters. The average molecular weight is 372 g/mol. The standard InChI is InChI=1S/C16H18ClNO5S/c1-21-14-8-13(9-15(22-2)16(14)23-3)18-24(19,20)10-11-4-6-12(17)7-5-11/h4-9,18H,10H2,1-3H3. The molecule has 0 saturated carbocycles. The number of rotatable bonds is 7. The Morgan fingerprint density at radius 3 is 1.96 bits per heavy atom. The van der Waals surface area contributed by atoms with Crippen molar-refractivity contribution in [2.45, 2.75) is 5.75 Å². The van der Waals surface area contributed by atoms with Gasteiger partial charge in [-0.1, -0.05) is 23.7 Å². The van der Waals surface area contributed by atoms with Crippen molar-refractivity contribution in [3.8, 4) is 17.2 Å². The molecule has 2 aromatic rings. The maximum Gasteiger partial charge on any atom is 0.236 e. The number of hydrogen-bond acceptors (Lipinski definition) is 5. The van der Waals surface area contributed by atoms with Crippen LogP contribution in [0.25, 0.3) is 0 Å². The molecule has 0 saturated heterocycles. The van der Waals surface area contributed by atoms with Gasteiger partial charge in [-0.3, -0.25) is 4.72 Å². The monoisotopic (exact) mass is 371 g/mol. The maximum absolute atomic E-state index is 12.4. The van der Waals surface area contributed by atoms with Crippen molar-refractivity contribution >= 4 is 27.3 Å². The van der Waals surface area contributed by atoms with Crippen molar-refractivity contribution in [3.63, 3.8) is 0 Å². The molecule has 1 N–H and O–H groups in total. The smallest absolute Gasteiger partial charge is 0.236 e. The van der Waals surface area contributed by atoms with E-state index < -0.39 is 10.0 Å². The zero-order valence-electron chi connectivity index (χ0n) is 13.5. The Labute approximate surface area is 146 Å². The zero-order valence-corrected chi connectivity index (χ0v) is 15.1. The topological polar surface area (TPSA) is 73.9 Å². The molecule has 0 spiro atoms. The molecule has 6 nitrogen and oxygen atoms in total. The summed E-state index contributed by atoms with van der Waals surface area (Å²) in [5.41, 5.74) is 0.942. The second-order valence-electron chi connectivity index (χ2n) is 4.90. The summed E-state index contributed by atoms with van der Waals surface area (Å²) >= 11 is 5.80. The second kappa shape index (κ2) is 7.63. The summed E-state index contributed by atoms with van der Waals surface area (Å²) in [6.45, 7) is 0. The Kier molecular flexibility index (Phi) is 5.80. The van der Waals surface area contributed by atoms with E-state index in [1.54, 1.807) is 24.3 Å². The lowest BCUT2D eigenvalue weighted by atomic mass is 10.2.